The van der Waals surface area contributed by atoms with E-state index in [9.17, 15) is 4.79 Å². The molecular formula is C20H20N4OS. The molecule has 0 aliphatic heterocycles. The largest absolute Gasteiger partial charge is 0.323 e. The van der Waals surface area contributed by atoms with Gasteiger partial charge in [0, 0.05) is 10.6 Å². The number of nitrogens with one attached hydrogen (secondary N) is 1. The number of imidazole rings is 1. The minimum atomic E-state index is -0.390. The summed E-state index contributed by atoms with van der Waals surface area (Å²) < 4.78 is 1.87. The van der Waals surface area contributed by atoms with E-state index in [0.29, 0.717) is 5.75 Å². The monoisotopic (exact) mass is 364 g/mol. The average molecular weight is 364 g/mol. The normalized spacial score (nSPS) is 13.1. The second-order valence-corrected chi connectivity index (χ2v) is 7.20. The average Bonchev–Trinajstić information content (AvgIpc) is 3.10. The first-order chi connectivity index (χ1) is 12.6. The summed E-state index contributed by atoms with van der Waals surface area (Å²) in [4.78, 5) is 18.1. The molecule has 0 spiro atoms. The van der Waals surface area contributed by atoms with Gasteiger partial charge in [-0.15, -0.1) is 11.8 Å². The van der Waals surface area contributed by atoms with Crippen LogP contribution >= 0.6 is 11.8 Å². The molecule has 1 heterocycles. The Morgan fingerprint density at radius 1 is 1.23 bits per heavy atom. The van der Waals surface area contributed by atoms with E-state index in [4.69, 9.17) is 5.26 Å². The van der Waals surface area contributed by atoms with Crippen molar-refractivity contribution in [2.24, 2.45) is 5.92 Å². The number of carbonyl (C=O) groups is 1. The lowest BCUT2D eigenvalue weighted by atomic mass is 10.2. The Balaban J connectivity index is 1.77. The molecule has 132 valence electrons. The van der Waals surface area contributed by atoms with Crippen LogP contribution in [0.1, 0.15) is 19.9 Å². The quantitative estimate of drug-likeness (QED) is 0.654. The van der Waals surface area contributed by atoms with Gasteiger partial charge in [-0.3, -0.25) is 4.79 Å². The van der Waals surface area contributed by atoms with E-state index >= 15 is 0 Å². The molecule has 1 N–H and O–H groups in total. The number of thioether (sulfide) groups is 1. The topological polar surface area (TPSA) is 70.7 Å². The molecule has 6 heteroatoms. The smallest absolute Gasteiger partial charge is 0.247 e. The number of nitriles is 1. The van der Waals surface area contributed by atoms with Crippen molar-refractivity contribution in [3.63, 3.8) is 0 Å². The van der Waals surface area contributed by atoms with Crippen LogP contribution in [0.5, 0.6) is 0 Å². The highest BCUT2D eigenvalue weighted by molar-refractivity contribution is 7.99. The van der Waals surface area contributed by atoms with E-state index in [0.717, 1.165) is 21.6 Å². The molecule has 5 nitrogen and oxygen atoms in total. The number of carbonyl (C=O) groups excluding carboxylic acids is 1. The standard InChI is InChI=1S/C20H20N4OS/c1-14(11-21)12-26-19-10-6-4-8-17(19)23-20(25)15(2)24-13-22-16-7-3-5-9-18(16)24/h3-10,13-15H,12H2,1-2H3,(H,23,25)/t14-,15+/m1/s1. The number of hydrogen-bond acceptors (Lipinski definition) is 4. The van der Waals surface area contributed by atoms with E-state index in [1.807, 2.05) is 66.9 Å². The van der Waals surface area contributed by atoms with Gasteiger partial charge in [0.25, 0.3) is 0 Å². The maximum Gasteiger partial charge on any atom is 0.247 e. The van der Waals surface area contributed by atoms with Crippen molar-refractivity contribution in [2.75, 3.05) is 11.1 Å². The van der Waals surface area contributed by atoms with Crippen LogP contribution in [-0.2, 0) is 4.79 Å². The van der Waals surface area contributed by atoms with Gasteiger partial charge in [-0.2, -0.15) is 5.26 Å². The zero-order valence-electron chi connectivity index (χ0n) is 14.7. The van der Waals surface area contributed by atoms with Crippen molar-refractivity contribution in [3.8, 4) is 6.07 Å². The summed E-state index contributed by atoms with van der Waals surface area (Å²) in [5.74, 6) is 0.542. The van der Waals surface area contributed by atoms with Crippen molar-refractivity contribution in [3.05, 3.63) is 54.9 Å². The van der Waals surface area contributed by atoms with Crippen LogP contribution in [0.2, 0.25) is 0 Å². The number of hydrogen-bond donors (Lipinski definition) is 1. The highest BCUT2D eigenvalue weighted by Gasteiger charge is 2.18. The second kappa shape index (κ2) is 8.07. The van der Waals surface area contributed by atoms with Gasteiger partial charge in [-0.1, -0.05) is 24.3 Å². The van der Waals surface area contributed by atoms with Gasteiger partial charge in [-0.05, 0) is 38.1 Å². The highest BCUT2D eigenvalue weighted by Crippen LogP contribution is 2.29. The molecule has 0 saturated heterocycles. The number of para-hydroxylation sites is 3. The Kier molecular flexibility index (Phi) is 5.59. The summed E-state index contributed by atoms with van der Waals surface area (Å²) >= 11 is 1.58. The molecule has 3 rings (SSSR count). The molecule has 26 heavy (non-hydrogen) atoms. The molecule has 0 aliphatic rings. The molecule has 2 atom stereocenters. The van der Waals surface area contributed by atoms with Crippen LogP contribution in [0, 0.1) is 17.2 Å². The summed E-state index contributed by atoms with van der Waals surface area (Å²) in [5.41, 5.74) is 2.57. The van der Waals surface area contributed by atoms with Gasteiger partial charge in [0.15, 0.2) is 0 Å². The molecule has 0 bridgehead atoms. The maximum absolute atomic E-state index is 12.8. The molecule has 2 aromatic carbocycles. The maximum atomic E-state index is 12.8. The number of anilines is 1. The van der Waals surface area contributed by atoms with Crippen LogP contribution < -0.4 is 5.32 Å². The van der Waals surface area contributed by atoms with Crippen LogP contribution in [0.15, 0.2) is 59.8 Å². The Morgan fingerprint density at radius 2 is 1.96 bits per heavy atom. The number of aromatic nitrogens is 2. The predicted molar refractivity (Wildman–Crippen MR) is 105 cm³/mol. The molecule has 0 unspecified atom stereocenters. The van der Waals surface area contributed by atoms with Crippen molar-refractivity contribution >= 4 is 34.4 Å². The van der Waals surface area contributed by atoms with Gasteiger partial charge in [0.05, 0.1) is 35.0 Å². The molecule has 0 radical (unpaired) electrons. The molecule has 3 aromatic rings. The van der Waals surface area contributed by atoms with Gasteiger partial charge in [-0.25, -0.2) is 4.98 Å². The Hall–Kier alpha value is -2.78. The minimum absolute atomic E-state index is 0.0417. The number of benzene rings is 2. The Bertz CT molecular complexity index is 960. The third-order valence-corrected chi connectivity index (χ3v) is 5.47. The fourth-order valence-electron chi connectivity index (χ4n) is 2.60. The van der Waals surface area contributed by atoms with Crippen LogP contribution in [-0.4, -0.2) is 21.2 Å². The summed E-state index contributed by atoms with van der Waals surface area (Å²) in [6, 6.07) is 17.3. The first kappa shape index (κ1) is 18.0. The van der Waals surface area contributed by atoms with E-state index in [1.54, 1.807) is 18.1 Å². The first-order valence-corrected chi connectivity index (χ1v) is 9.42. The van der Waals surface area contributed by atoms with Crippen molar-refractivity contribution in [1.29, 1.82) is 5.26 Å². The summed E-state index contributed by atoms with van der Waals surface area (Å²) in [7, 11) is 0. The summed E-state index contributed by atoms with van der Waals surface area (Å²) in [6.45, 7) is 3.75. The molecule has 1 aromatic heterocycles. The Labute approximate surface area is 157 Å². The molecule has 1 amide bonds. The lowest BCUT2D eigenvalue weighted by molar-refractivity contribution is -0.118. The number of fused-ring (bicyclic) bond motifs is 1. The third-order valence-electron chi connectivity index (χ3n) is 4.13. The van der Waals surface area contributed by atoms with Gasteiger partial charge < -0.3 is 9.88 Å². The zero-order chi connectivity index (χ0) is 18.5. The highest BCUT2D eigenvalue weighted by atomic mass is 32.2. The summed E-state index contributed by atoms with van der Waals surface area (Å²) in [5, 5.41) is 12.0. The van der Waals surface area contributed by atoms with Crippen LogP contribution in [0.25, 0.3) is 11.0 Å². The van der Waals surface area contributed by atoms with Crippen LogP contribution in [0.3, 0.4) is 0 Å². The van der Waals surface area contributed by atoms with Gasteiger partial charge >= 0.3 is 0 Å². The van der Waals surface area contributed by atoms with Crippen LogP contribution in [0.4, 0.5) is 5.69 Å². The second-order valence-electron chi connectivity index (χ2n) is 6.14. The van der Waals surface area contributed by atoms with E-state index in [1.165, 1.54) is 0 Å². The minimum Gasteiger partial charge on any atom is -0.323 e. The fourth-order valence-corrected chi connectivity index (χ4v) is 3.55. The molecular weight excluding hydrogens is 344 g/mol. The summed E-state index contributed by atoms with van der Waals surface area (Å²) in [6.07, 6.45) is 1.70. The molecule has 0 fully saturated rings. The molecule has 0 saturated carbocycles. The number of nitrogens with zero attached hydrogens (tertiary/aromatic N) is 3. The number of amides is 1. The predicted octanol–water partition coefficient (Wildman–Crippen LogP) is 4.49. The van der Waals surface area contributed by atoms with Gasteiger partial charge in [0.1, 0.15) is 6.04 Å². The van der Waals surface area contributed by atoms with Crippen molar-refractivity contribution in [1.82, 2.24) is 9.55 Å². The van der Waals surface area contributed by atoms with E-state index in [-0.39, 0.29) is 11.8 Å². The molecule has 0 aliphatic carbocycles. The number of rotatable bonds is 6. The van der Waals surface area contributed by atoms with E-state index < -0.39 is 6.04 Å². The fraction of sp³-hybridized carbons (Fsp3) is 0.250. The lowest BCUT2D eigenvalue weighted by Gasteiger charge is -2.16. The lowest BCUT2D eigenvalue weighted by Crippen LogP contribution is -2.23. The van der Waals surface area contributed by atoms with Crippen molar-refractivity contribution in [2.45, 2.75) is 24.8 Å². The third kappa shape index (κ3) is 3.89. The Morgan fingerprint density at radius 3 is 2.77 bits per heavy atom. The van der Waals surface area contributed by atoms with E-state index in [2.05, 4.69) is 16.4 Å². The van der Waals surface area contributed by atoms with Crippen molar-refractivity contribution < 1.29 is 4.79 Å². The zero-order valence-corrected chi connectivity index (χ0v) is 15.5. The SMILES string of the molecule is C[C@H](C#N)CSc1ccccc1NC(=O)[C@H](C)n1cnc2ccccc21. The first-order valence-electron chi connectivity index (χ1n) is 8.44. The van der Waals surface area contributed by atoms with Gasteiger partial charge in [0.2, 0.25) is 5.91 Å².